The number of rotatable bonds is 11. The van der Waals surface area contributed by atoms with E-state index in [9.17, 15) is 14.6 Å². The van der Waals surface area contributed by atoms with Gasteiger partial charge >= 0.3 is 0 Å². The van der Waals surface area contributed by atoms with E-state index in [0.29, 0.717) is 25.0 Å². The summed E-state index contributed by atoms with van der Waals surface area (Å²) in [5.74, 6) is 0.641. The second-order valence-electron chi connectivity index (χ2n) is 7.35. The molecule has 4 heteroatoms. The molecule has 5 atom stereocenters. The molecule has 0 aromatic heterocycles. The van der Waals surface area contributed by atoms with Crippen LogP contribution in [-0.2, 0) is 0 Å². The average molecular weight is 365 g/mol. The Morgan fingerprint density at radius 3 is 2.62 bits per heavy atom. The van der Waals surface area contributed by atoms with Gasteiger partial charge in [0, 0.05) is 0 Å². The van der Waals surface area contributed by atoms with Gasteiger partial charge in [0.1, 0.15) is 18.5 Å². The van der Waals surface area contributed by atoms with Crippen LogP contribution in [0.4, 0.5) is 4.39 Å². The van der Waals surface area contributed by atoms with Crippen LogP contribution < -0.4 is 4.74 Å². The fourth-order valence-corrected chi connectivity index (χ4v) is 3.76. The molecule has 146 valence electrons. The first-order chi connectivity index (χ1) is 12.6. The zero-order valence-corrected chi connectivity index (χ0v) is 15.8. The van der Waals surface area contributed by atoms with E-state index in [1.54, 1.807) is 0 Å². The monoisotopic (exact) mass is 364 g/mol. The average Bonchev–Trinajstić information content (AvgIpc) is 2.91. The van der Waals surface area contributed by atoms with Gasteiger partial charge in [-0.15, -0.1) is 0 Å². The van der Waals surface area contributed by atoms with Gasteiger partial charge in [-0.2, -0.15) is 0 Å². The van der Waals surface area contributed by atoms with Crippen molar-refractivity contribution < 1.29 is 19.3 Å². The van der Waals surface area contributed by atoms with Crippen molar-refractivity contribution in [3.05, 3.63) is 42.5 Å². The van der Waals surface area contributed by atoms with Crippen molar-refractivity contribution in [1.82, 2.24) is 0 Å². The molecule has 1 aliphatic carbocycles. The molecule has 0 bridgehead atoms. The molecule has 1 fully saturated rings. The highest BCUT2D eigenvalue weighted by Crippen LogP contribution is 2.38. The van der Waals surface area contributed by atoms with E-state index in [1.807, 2.05) is 30.3 Å². The summed E-state index contributed by atoms with van der Waals surface area (Å²) in [5.41, 5.74) is 0. The Morgan fingerprint density at radius 1 is 1.15 bits per heavy atom. The van der Waals surface area contributed by atoms with Crippen molar-refractivity contribution in [2.45, 2.75) is 70.2 Å². The third-order valence-electron chi connectivity index (χ3n) is 5.31. The molecule has 2 N–H and O–H groups in total. The number of hydrogen-bond donors (Lipinski definition) is 2. The third-order valence-corrected chi connectivity index (χ3v) is 5.31. The summed E-state index contributed by atoms with van der Waals surface area (Å²) in [5, 5.41) is 20.5. The highest BCUT2D eigenvalue weighted by atomic mass is 19.1. The molecule has 1 aromatic carbocycles. The first-order valence-electron chi connectivity index (χ1n) is 9.94. The predicted molar refractivity (Wildman–Crippen MR) is 103 cm³/mol. The van der Waals surface area contributed by atoms with Crippen molar-refractivity contribution in [3.8, 4) is 5.75 Å². The molecule has 3 nitrogen and oxygen atoms in total. The van der Waals surface area contributed by atoms with Crippen LogP contribution in [-0.4, -0.2) is 35.2 Å². The lowest BCUT2D eigenvalue weighted by molar-refractivity contribution is 0.0955. The maximum atomic E-state index is 14.2. The van der Waals surface area contributed by atoms with Crippen LogP contribution >= 0.6 is 0 Å². The number of benzene rings is 1. The second-order valence-corrected chi connectivity index (χ2v) is 7.35. The molecule has 0 amide bonds. The summed E-state index contributed by atoms with van der Waals surface area (Å²) in [4.78, 5) is 0. The quantitative estimate of drug-likeness (QED) is 0.443. The smallest absolute Gasteiger partial charge is 0.134 e. The SMILES string of the molecule is CCCC/C=C\C[C@@H]1[C@@H](CC[C@@H](F)COc2ccccc2)[C@H](O)C[C@@H]1O. The Kier molecular flexibility index (Phi) is 9.13. The highest BCUT2D eigenvalue weighted by Gasteiger charge is 2.40. The fourth-order valence-electron chi connectivity index (χ4n) is 3.76. The minimum atomic E-state index is -1.07. The Morgan fingerprint density at radius 2 is 1.88 bits per heavy atom. The molecule has 1 aromatic rings. The van der Waals surface area contributed by atoms with E-state index in [1.165, 1.54) is 12.8 Å². The molecule has 0 unspecified atom stereocenters. The maximum absolute atomic E-state index is 14.2. The number of allylic oxidation sites excluding steroid dienone is 2. The van der Waals surface area contributed by atoms with Gasteiger partial charge in [-0.25, -0.2) is 4.39 Å². The lowest BCUT2D eigenvalue weighted by Crippen LogP contribution is -2.24. The molecule has 0 heterocycles. The van der Waals surface area contributed by atoms with E-state index in [0.717, 1.165) is 12.8 Å². The van der Waals surface area contributed by atoms with Gasteiger partial charge in [0.15, 0.2) is 0 Å². The normalized spacial score (nSPS) is 27.1. The number of aliphatic hydroxyl groups excluding tert-OH is 2. The van der Waals surface area contributed by atoms with Crippen LogP contribution in [0.3, 0.4) is 0 Å². The van der Waals surface area contributed by atoms with Crippen LogP contribution in [0.5, 0.6) is 5.75 Å². The summed E-state index contributed by atoms with van der Waals surface area (Å²) < 4.78 is 19.7. The van der Waals surface area contributed by atoms with Gasteiger partial charge in [-0.1, -0.05) is 50.1 Å². The highest BCUT2D eigenvalue weighted by molar-refractivity contribution is 5.20. The van der Waals surface area contributed by atoms with Crippen molar-refractivity contribution in [1.29, 1.82) is 0 Å². The van der Waals surface area contributed by atoms with Crippen LogP contribution in [0.1, 0.15) is 51.9 Å². The molecule has 1 saturated carbocycles. The topological polar surface area (TPSA) is 49.7 Å². The summed E-state index contributed by atoms with van der Waals surface area (Å²) in [6.07, 6.45) is 7.62. The number of hydrogen-bond acceptors (Lipinski definition) is 3. The van der Waals surface area contributed by atoms with E-state index in [4.69, 9.17) is 4.74 Å². The Bertz CT molecular complexity index is 519. The number of unbranched alkanes of at least 4 members (excludes halogenated alkanes) is 2. The van der Waals surface area contributed by atoms with Gasteiger partial charge in [-0.05, 0) is 56.1 Å². The fraction of sp³-hybridized carbons (Fsp3) is 0.636. The van der Waals surface area contributed by atoms with Crippen LogP contribution in [0, 0.1) is 11.8 Å². The van der Waals surface area contributed by atoms with Gasteiger partial charge < -0.3 is 14.9 Å². The molecule has 0 spiro atoms. The maximum Gasteiger partial charge on any atom is 0.134 e. The van der Waals surface area contributed by atoms with E-state index >= 15 is 0 Å². The Labute approximate surface area is 156 Å². The molecule has 0 radical (unpaired) electrons. The Balaban J connectivity index is 1.76. The van der Waals surface area contributed by atoms with Crippen LogP contribution in [0.2, 0.25) is 0 Å². The third kappa shape index (κ3) is 6.73. The summed E-state index contributed by atoms with van der Waals surface area (Å²) in [7, 11) is 0. The standard InChI is InChI=1S/C22H33FO3/c1-2-3-4-5-9-12-19-20(22(25)15-21(19)24)14-13-17(23)16-26-18-10-7-6-8-11-18/h5-11,17,19-22,24-25H,2-4,12-16H2,1H3/b9-5-/t17-,19-,20-,21+,22-/m1/s1. The van der Waals surface area contributed by atoms with Gasteiger partial charge in [0.2, 0.25) is 0 Å². The minimum absolute atomic E-state index is 0.0186. The zero-order chi connectivity index (χ0) is 18.8. The number of alkyl halides is 1. The van der Waals surface area contributed by atoms with Gasteiger partial charge in [-0.3, -0.25) is 0 Å². The molecular weight excluding hydrogens is 331 g/mol. The summed E-state index contributed by atoms with van der Waals surface area (Å²) in [6.45, 7) is 2.19. The Hall–Kier alpha value is -1.39. The second kappa shape index (κ2) is 11.3. The first-order valence-corrected chi connectivity index (χ1v) is 9.94. The van der Waals surface area contributed by atoms with Crippen molar-refractivity contribution in [3.63, 3.8) is 0 Å². The van der Waals surface area contributed by atoms with Crippen molar-refractivity contribution in [2.75, 3.05) is 6.61 Å². The molecule has 1 aliphatic rings. The molecular formula is C22H33FO3. The largest absolute Gasteiger partial charge is 0.491 e. The van der Waals surface area contributed by atoms with Crippen molar-refractivity contribution >= 4 is 0 Å². The predicted octanol–water partition coefficient (Wildman–Crippen LogP) is 4.68. The van der Waals surface area contributed by atoms with E-state index in [2.05, 4.69) is 19.1 Å². The first kappa shape index (κ1) is 20.9. The molecule has 26 heavy (non-hydrogen) atoms. The number of ether oxygens (including phenoxy) is 1. The number of para-hydroxylation sites is 1. The van der Waals surface area contributed by atoms with E-state index in [-0.39, 0.29) is 18.4 Å². The molecule has 2 rings (SSSR count). The van der Waals surface area contributed by atoms with Crippen LogP contribution in [0.15, 0.2) is 42.5 Å². The van der Waals surface area contributed by atoms with Crippen molar-refractivity contribution in [2.24, 2.45) is 11.8 Å². The number of halogens is 1. The van der Waals surface area contributed by atoms with E-state index < -0.39 is 18.4 Å². The minimum Gasteiger partial charge on any atom is -0.491 e. The number of aliphatic hydroxyl groups is 2. The van der Waals surface area contributed by atoms with Crippen LogP contribution in [0.25, 0.3) is 0 Å². The zero-order valence-electron chi connectivity index (χ0n) is 15.8. The molecule has 0 saturated heterocycles. The summed E-state index contributed by atoms with van der Waals surface area (Å²) >= 11 is 0. The summed E-state index contributed by atoms with van der Waals surface area (Å²) in [6, 6.07) is 9.23. The lowest BCUT2D eigenvalue weighted by atomic mass is 9.86. The van der Waals surface area contributed by atoms with Gasteiger partial charge in [0.25, 0.3) is 0 Å². The van der Waals surface area contributed by atoms with Gasteiger partial charge in [0.05, 0.1) is 12.2 Å². The lowest BCUT2D eigenvalue weighted by Gasteiger charge is -2.23. The molecule has 0 aliphatic heterocycles.